The van der Waals surface area contributed by atoms with Gasteiger partial charge in [-0.25, -0.2) is 4.79 Å². The summed E-state index contributed by atoms with van der Waals surface area (Å²) in [5.74, 6) is 0. The van der Waals surface area contributed by atoms with Crippen LogP contribution in [0, 0.1) is 16.7 Å². The summed E-state index contributed by atoms with van der Waals surface area (Å²) in [4.78, 5) is 10.2. The molecule has 3 N–H and O–H groups in total. The molecular weight excluding hydrogens is 202 g/mol. The second-order valence-electron chi connectivity index (χ2n) is 3.68. The molecule has 5 nitrogen and oxygen atoms in total. The minimum absolute atomic E-state index is 0.0995. The summed E-state index contributed by atoms with van der Waals surface area (Å²) in [5, 5.41) is 22.0. The Hall–Kier alpha value is -1.35. The molecule has 0 bridgehead atoms. The van der Waals surface area contributed by atoms with Gasteiger partial charge in [0.05, 0.1) is 11.5 Å². The number of nitriles is 1. The summed E-state index contributed by atoms with van der Waals surface area (Å²) < 4.78 is 0. The zero-order chi connectivity index (χ0) is 10.8. The lowest BCUT2D eigenvalue weighted by atomic mass is 9.68. The van der Waals surface area contributed by atoms with Gasteiger partial charge < -0.3 is 10.4 Å². The van der Waals surface area contributed by atoms with E-state index in [2.05, 4.69) is 11.4 Å². The van der Waals surface area contributed by atoms with Gasteiger partial charge in [-0.2, -0.15) is 5.26 Å². The Balaban J connectivity index is 2.27. The molecule has 1 rings (SSSR count). The topological polar surface area (TPSA) is 85.2 Å². The molecule has 0 unspecified atom stereocenters. The molecule has 1 amide bonds. The molecule has 0 aromatic rings. The van der Waals surface area contributed by atoms with E-state index >= 15 is 0 Å². The molecule has 14 heavy (non-hydrogen) atoms. The monoisotopic (exact) mass is 213 g/mol. The smallest absolute Gasteiger partial charge is 0.410 e. The normalized spacial score (nSPS) is 29.6. The lowest BCUT2D eigenvalue weighted by molar-refractivity contribution is 0.183. The standard InChI is InChI=1S/C8H11N3O2S/c1-8(4-9)2-5(3-8)10-6(14)11-7(12)13/h5H,2-3H2,1H3,(H,12,13)(H2,10,11,14). The lowest BCUT2D eigenvalue weighted by Crippen LogP contribution is -2.52. The fourth-order valence-corrected chi connectivity index (χ4v) is 1.79. The summed E-state index contributed by atoms with van der Waals surface area (Å²) in [6.07, 6.45) is 0.223. The number of nitrogens with one attached hydrogen (secondary N) is 2. The van der Waals surface area contributed by atoms with Crippen molar-refractivity contribution in [2.45, 2.75) is 25.8 Å². The maximum atomic E-state index is 10.2. The van der Waals surface area contributed by atoms with Gasteiger partial charge in [-0.3, -0.25) is 5.32 Å². The summed E-state index contributed by atoms with van der Waals surface area (Å²) in [5.41, 5.74) is -0.281. The van der Waals surface area contributed by atoms with Crippen LogP contribution >= 0.6 is 12.2 Å². The van der Waals surface area contributed by atoms with Gasteiger partial charge in [0.1, 0.15) is 0 Å². The van der Waals surface area contributed by atoms with Crippen LogP contribution in [0.5, 0.6) is 0 Å². The Kier molecular flexibility index (Phi) is 2.91. The van der Waals surface area contributed by atoms with Crippen LogP contribution in [0.25, 0.3) is 0 Å². The van der Waals surface area contributed by atoms with Crippen molar-refractivity contribution in [3.8, 4) is 6.07 Å². The van der Waals surface area contributed by atoms with Gasteiger partial charge >= 0.3 is 6.09 Å². The van der Waals surface area contributed by atoms with Crippen molar-refractivity contribution >= 4 is 23.4 Å². The molecule has 1 fully saturated rings. The summed E-state index contributed by atoms with van der Waals surface area (Å²) in [6, 6.07) is 2.31. The van der Waals surface area contributed by atoms with Gasteiger partial charge in [0, 0.05) is 6.04 Å². The van der Waals surface area contributed by atoms with Crippen LogP contribution < -0.4 is 10.6 Å². The van der Waals surface area contributed by atoms with Gasteiger partial charge in [-0.05, 0) is 32.0 Å². The molecule has 0 heterocycles. The molecule has 0 atom stereocenters. The summed E-state index contributed by atoms with van der Waals surface area (Å²) in [7, 11) is 0. The van der Waals surface area contributed by atoms with Crippen molar-refractivity contribution < 1.29 is 9.90 Å². The van der Waals surface area contributed by atoms with E-state index in [1.54, 1.807) is 0 Å². The fourth-order valence-electron chi connectivity index (χ4n) is 1.54. The molecular formula is C8H11N3O2S. The zero-order valence-electron chi connectivity index (χ0n) is 7.70. The molecule has 0 aromatic heterocycles. The van der Waals surface area contributed by atoms with Gasteiger partial charge in [0.25, 0.3) is 0 Å². The van der Waals surface area contributed by atoms with Crippen LogP contribution in [0.15, 0.2) is 0 Å². The van der Waals surface area contributed by atoms with E-state index in [4.69, 9.17) is 22.6 Å². The Morgan fingerprint density at radius 3 is 2.71 bits per heavy atom. The van der Waals surface area contributed by atoms with Gasteiger partial charge in [0.2, 0.25) is 0 Å². The first-order chi connectivity index (χ1) is 6.45. The number of nitrogens with zero attached hydrogens (tertiary/aromatic N) is 1. The number of carbonyl (C=O) groups is 1. The second kappa shape index (κ2) is 3.80. The Morgan fingerprint density at radius 2 is 2.29 bits per heavy atom. The highest BCUT2D eigenvalue weighted by molar-refractivity contribution is 7.80. The molecule has 6 heteroatoms. The van der Waals surface area contributed by atoms with E-state index in [1.807, 2.05) is 12.2 Å². The molecule has 0 spiro atoms. The number of rotatable bonds is 1. The molecule has 1 saturated carbocycles. The van der Waals surface area contributed by atoms with Crippen molar-refractivity contribution in [2.75, 3.05) is 0 Å². The van der Waals surface area contributed by atoms with Crippen LogP contribution in [0.1, 0.15) is 19.8 Å². The number of hydrogen-bond acceptors (Lipinski definition) is 3. The number of thiocarbonyl (C=S) groups is 1. The van der Waals surface area contributed by atoms with Crippen molar-refractivity contribution in [3.63, 3.8) is 0 Å². The van der Waals surface area contributed by atoms with Crippen LogP contribution in [-0.2, 0) is 0 Å². The van der Waals surface area contributed by atoms with Crippen molar-refractivity contribution in [1.29, 1.82) is 5.26 Å². The van der Waals surface area contributed by atoms with E-state index in [0.717, 1.165) is 0 Å². The third-order valence-corrected chi connectivity index (χ3v) is 2.44. The third kappa shape index (κ3) is 2.57. The maximum Gasteiger partial charge on any atom is 0.410 e. The zero-order valence-corrected chi connectivity index (χ0v) is 8.52. The second-order valence-corrected chi connectivity index (χ2v) is 4.09. The molecule has 0 aliphatic heterocycles. The first kappa shape index (κ1) is 10.7. The van der Waals surface area contributed by atoms with Crippen molar-refractivity contribution in [2.24, 2.45) is 5.41 Å². The number of carboxylic acid groups (broad SMARTS) is 1. The quantitative estimate of drug-likeness (QED) is 0.561. The SMILES string of the molecule is CC1(C#N)CC(NC(=S)NC(=O)O)C1. The van der Waals surface area contributed by atoms with Gasteiger partial charge in [-0.15, -0.1) is 0 Å². The van der Waals surface area contributed by atoms with Crippen LogP contribution in [0.2, 0.25) is 0 Å². The van der Waals surface area contributed by atoms with Crippen LogP contribution in [0.4, 0.5) is 4.79 Å². The minimum Gasteiger partial charge on any atom is -0.465 e. The number of amides is 1. The highest BCUT2D eigenvalue weighted by atomic mass is 32.1. The lowest BCUT2D eigenvalue weighted by Gasteiger charge is -2.40. The van der Waals surface area contributed by atoms with E-state index in [9.17, 15) is 4.79 Å². The fraction of sp³-hybridized carbons (Fsp3) is 0.625. The number of hydrogen-bond donors (Lipinski definition) is 3. The Morgan fingerprint density at radius 1 is 1.71 bits per heavy atom. The summed E-state index contributed by atoms with van der Waals surface area (Å²) >= 11 is 4.73. The molecule has 1 aliphatic carbocycles. The summed E-state index contributed by atoms with van der Waals surface area (Å²) in [6.45, 7) is 1.87. The van der Waals surface area contributed by atoms with E-state index in [-0.39, 0.29) is 16.6 Å². The highest BCUT2D eigenvalue weighted by Crippen LogP contribution is 2.39. The largest absolute Gasteiger partial charge is 0.465 e. The third-order valence-electron chi connectivity index (χ3n) is 2.22. The maximum absolute atomic E-state index is 10.2. The highest BCUT2D eigenvalue weighted by Gasteiger charge is 2.40. The first-order valence-electron chi connectivity index (χ1n) is 4.17. The van der Waals surface area contributed by atoms with E-state index in [1.165, 1.54) is 0 Å². The Labute approximate surface area is 87.1 Å². The predicted octanol–water partition coefficient (Wildman–Crippen LogP) is 0.821. The van der Waals surface area contributed by atoms with Gasteiger partial charge in [0.15, 0.2) is 5.11 Å². The van der Waals surface area contributed by atoms with Crippen molar-refractivity contribution in [1.82, 2.24) is 10.6 Å². The van der Waals surface area contributed by atoms with E-state index < -0.39 is 6.09 Å². The minimum atomic E-state index is -1.18. The average Bonchev–Trinajstić information content (AvgIpc) is 1.99. The van der Waals surface area contributed by atoms with Crippen molar-refractivity contribution in [3.05, 3.63) is 0 Å². The average molecular weight is 213 g/mol. The molecule has 0 saturated heterocycles. The van der Waals surface area contributed by atoms with Crippen LogP contribution in [-0.4, -0.2) is 22.4 Å². The van der Waals surface area contributed by atoms with E-state index in [0.29, 0.717) is 12.8 Å². The molecule has 0 radical (unpaired) electrons. The molecule has 0 aromatic carbocycles. The molecule has 1 aliphatic rings. The Bertz CT molecular complexity index is 304. The first-order valence-corrected chi connectivity index (χ1v) is 4.58. The molecule has 76 valence electrons. The predicted molar refractivity (Wildman–Crippen MR) is 53.6 cm³/mol. The van der Waals surface area contributed by atoms with Gasteiger partial charge in [-0.1, -0.05) is 0 Å². The van der Waals surface area contributed by atoms with Crippen LogP contribution in [0.3, 0.4) is 0 Å².